The third kappa shape index (κ3) is 10.3. The number of amides is 5. The number of aromatic nitrogens is 1. The summed E-state index contributed by atoms with van der Waals surface area (Å²) >= 11 is 0. The predicted octanol–water partition coefficient (Wildman–Crippen LogP) is -0.437. The van der Waals surface area contributed by atoms with E-state index in [2.05, 4.69) is 25.6 Å². The van der Waals surface area contributed by atoms with Gasteiger partial charge in [-0.1, -0.05) is 20.8 Å². The predicted molar refractivity (Wildman–Crippen MR) is 237 cm³/mol. The third-order valence-electron chi connectivity index (χ3n) is 12.2. The van der Waals surface area contributed by atoms with Crippen LogP contribution < -0.4 is 25.4 Å². The van der Waals surface area contributed by atoms with Crippen LogP contribution in [0, 0.1) is 5.92 Å². The van der Waals surface area contributed by atoms with E-state index in [4.69, 9.17) is 19.2 Å². The van der Waals surface area contributed by atoms with E-state index in [1.165, 1.54) is 6.08 Å². The van der Waals surface area contributed by atoms with Crippen molar-refractivity contribution in [2.45, 2.75) is 90.3 Å². The standard InChI is InChI=1S/C44H56N8O13S/c1-5-44(60)30-19-33-40-29(21-51(33)20-26(30)22-65-43(44)59)27-7-6-8-28-31(9-10-32(47-40)38(27)28)48-41(57)25(4)46-42(58)39(24(2)3)49-35(54)23-64-18-17-63-16-14-45-66(61,62)50-34(53)13-15-52-36(55)11-12-37(52)56/h9-12,19,24-25,36,39,45,55,60H,5-8,13-18,20-23H2,1-4H3,(H,46,58)(H,48,57)(H,49,54)(H,50,53)/t25-,36?,39-,44-/m0/s1. The number of benzene rings is 1. The first kappa shape index (κ1) is 48.2. The number of nitrogens with zero attached hydrogens (tertiary/aromatic N) is 3. The number of rotatable bonds is 20. The number of esters is 1. The van der Waals surface area contributed by atoms with Crippen molar-refractivity contribution in [3.05, 3.63) is 63.9 Å². The second-order valence-corrected chi connectivity index (χ2v) is 18.6. The fourth-order valence-corrected chi connectivity index (χ4v) is 9.58. The molecule has 22 heteroatoms. The summed E-state index contributed by atoms with van der Waals surface area (Å²) in [6, 6.07) is 1.74. The van der Waals surface area contributed by atoms with Gasteiger partial charge in [0.15, 0.2) is 5.60 Å². The van der Waals surface area contributed by atoms with E-state index in [9.17, 15) is 47.4 Å². The number of carbonyl (C=O) groups excluding carboxylic acids is 6. The van der Waals surface area contributed by atoms with Crippen molar-refractivity contribution in [2.75, 3.05) is 58.0 Å². The molecule has 0 fully saturated rings. The first-order valence-corrected chi connectivity index (χ1v) is 23.5. The van der Waals surface area contributed by atoms with Crippen molar-refractivity contribution in [3.63, 3.8) is 0 Å². The molecule has 66 heavy (non-hydrogen) atoms. The molecule has 1 aromatic carbocycles. The third-order valence-corrected chi connectivity index (χ3v) is 13.3. The SMILES string of the molecule is CC[C@@]1(O)C(=O)OCC2=C1C=C1c3nc4ccc(NC(=O)[C@H](C)NC(=O)[C@@H](NC(=O)COCCOCCNS(=O)(=O)NC(=O)CCN5C(=O)C=CC5O)C(C)C)c5c4c(c3CN1C2)CCC5. The van der Waals surface area contributed by atoms with E-state index >= 15 is 0 Å². The molecular formula is C44H56N8O13S. The van der Waals surface area contributed by atoms with Crippen LogP contribution >= 0.6 is 0 Å². The molecule has 356 valence electrons. The lowest BCUT2D eigenvalue weighted by atomic mass is 9.83. The summed E-state index contributed by atoms with van der Waals surface area (Å²) < 4.78 is 44.3. The van der Waals surface area contributed by atoms with Crippen LogP contribution in [0.25, 0.3) is 16.6 Å². The highest BCUT2D eigenvalue weighted by Crippen LogP contribution is 2.46. The fraction of sp³-hybridized carbons (Fsp3) is 0.523. The van der Waals surface area contributed by atoms with Crippen molar-refractivity contribution < 1.29 is 61.6 Å². The van der Waals surface area contributed by atoms with E-state index in [1.807, 2.05) is 22.9 Å². The molecule has 0 radical (unpaired) electrons. The molecule has 5 aliphatic rings. The topological polar surface area (TPSA) is 284 Å². The Morgan fingerprint density at radius 2 is 1.74 bits per heavy atom. The average molecular weight is 937 g/mol. The van der Waals surface area contributed by atoms with Crippen LogP contribution in [-0.4, -0.2) is 146 Å². The maximum absolute atomic E-state index is 13.6. The molecule has 0 spiro atoms. The highest BCUT2D eigenvalue weighted by Gasteiger charge is 2.47. The molecule has 21 nitrogen and oxygen atoms in total. The number of aliphatic hydroxyl groups is 2. The van der Waals surface area contributed by atoms with Gasteiger partial charge in [-0.05, 0) is 79.5 Å². The Kier molecular flexibility index (Phi) is 14.6. The van der Waals surface area contributed by atoms with E-state index in [-0.39, 0.29) is 58.3 Å². The Morgan fingerprint density at radius 1 is 0.985 bits per heavy atom. The Bertz CT molecular complexity index is 2520. The monoisotopic (exact) mass is 936 g/mol. The number of fused-ring (bicyclic) bond motifs is 4. The summed E-state index contributed by atoms with van der Waals surface area (Å²) in [5, 5.41) is 30.4. The molecule has 5 heterocycles. The smallest absolute Gasteiger partial charge is 0.343 e. The number of pyridine rings is 1. The summed E-state index contributed by atoms with van der Waals surface area (Å²) in [5.74, 6) is -3.93. The van der Waals surface area contributed by atoms with Crippen LogP contribution in [0.3, 0.4) is 0 Å². The lowest BCUT2D eigenvalue weighted by Gasteiger charge is -2.37. The van der Waals surface area contributed by atoms with Gasteiger partial charge in [0.25, 0.3) is 0 Å². The molecule has 7 N–H and O–H groups in total. The molecule has 1 aromatic heterocycles. The summed E-state index contributed by atoms with van der Waals surface area (Å²) in [4.78, 5) is 84.3. The molecule has 7 rings (SSSR count). The van der Waals surface area contributed by atoms with Crippen LogP contribution in [0.2, 0.25) is 0 Å². The van der Waals surface area contributed by atoms with Crippen molar-refractivity contribution in [1.29, 1.82) is 0 Å². The van der Waals surface area contributed by atoms with Crippen LogP contribution in [0.15, 0.2) is 41.5 Å². The van der Waals surface area contributed by atoms with Gasteiger partial charge in [0.1, 0.15) is 31.5 Å². The normalized spacial score (nSPS) is 20.7. The maximum atomic E-state index is 13.6. The van der Waals surface area contributed by atoms with Crippen molar-refractivity contribution in [1.82, 2.24) is 34.9 Å². The molecule has 0 bridgehead atoms. The zero-order valence-corrected chi connectivity index (χ0v) is 38.0. The summed E-state index contributed by atoms with van der Waals surface area (Å²) in [7, 11) is -4.21. The molecule has 5 amide bonds. The van der Waals surface area contributed by atoms with Gasteiger partial charge in [-0.3, -0.25) is 24.0 Å². The molecule has 0 saturated heterocycles. The summed E-state index contributed by atoms with van der Waals surface area (Å²) in [5.41, 5.74) is 6.05. The Balaban J connectivity index is 0.857. The average Bonchev–Trinajstić information content (AvgIpc) is 3.81. The maximum Gasteiger partial charge on any atom is 0.343 e. The van der Waals surface area contributed by atoms with Crippen molar-refractivity contribution >= 4 is 68.0 Å². The minimum Gasteiger partial charge on any atom is -0.459 e. The zero-order chi connectivity index (χ0) is 47.5. The Hall–Kier alpha value is -5.78. The molecule has 1 unspecified atom stereocenters. The Morgan fingerprint density at radius 3 is 2.47 bits per heavy atom. The molecule has 4 atom stereocenters. The second-order valence-electron chi connectivity index (χ2n) is 17.1. The number of hydrogen-bond acceptors (Lipinski definition) is 15. The number of nitrogens with one attached hydrogen (secondary N) is 5. The van der Waals surface area contributed by atoms with Crippen LogP contribution in [0.5, 0.6) is 0 Å². The van der Waals surface area contributed by atoms with Crippen LogP contribution in [-0.2, 0) is 72.6 Å². The summed E-state index contributed by atoms with van der Waals surface area (Å²) in [6.07, 6.45) is 5.35. The van der Waals surface area contributed by atoms with Gasteiger partial charge in [0.2, 0.25) is 29.5 Å². The van der Waals surface area contributed by atoms with E-state index in [0.29, 0.717) is 30.8 Å². The van der Waals surface area contributed by atoms with Crippen LogP contribution in [0.1, 0.15) is 69.3 Å². The molecule has 4 aliphatic heterocycles. The highest BCUT2D eigenvalue weighted by molar-refractivity contribution is 7.88. The lowest BCUT2D eigenvalue weighted by molar-refractivity contribution is -0.163. The first-order chi connectivity index (χ1) is 31.4. The minimum atomic E-state index is -4.21. The number of ether oxygens (including phenoxy) is 3. The fourth-order valence-electron chi connectivity index (χ4n) is 8.75. The second kappa shape index (κ2) is 20.0. The molecule has 2 aromatic rings. The van der Waals surface area contributed by atoms with Crippen molar-refractivity contribution in [3.8, 4) is 0 Å². The summed E-state index contributed by atoms with van der Waals surface area (Å²) in [6.45, 7) is 7.20. The highest BCUT2D eigenvalue weighted by atomic mass is 32.2. The quantitative estimate of drug-likeness (QED) is 0.0655. The van der Waals surface area contributed by atoms with Gasteiger partial charge in [0, 0.05) is 60.9 Å². The molecule has 1 aliphatic carbocycles. The number of hydrogen-bond donors (Lipinski definition) is 7. The van der Waals surface area contributed by atoms with Gasteiger partial charge in [-0.25, -0.2) is 14.5 Å². The van der Waals surface area contributed by atoms with Gasteiger partial charge in [-0.2, -0.15) is 13.1 Å². The van der Waals surface area contributed by atoms with Crippen molar-refractivity contribution in [2.24, 2.45) is 5.92 Å². The number of aliphatic hydroxyl groups excluding tert-OH is 1. The first-order valence-electron chi connectivity index (χ1n) is 22.0. The van der Waals surface area contributed by atoms with Gasteiger partial charge in [0.05, 0.1) is 36.7 Å². The largest absolute Gasteiger partial charge is 0.459 e. The van der Waals surface area contributed by atoms with Gasteiger partial charge < -0.3 is 50.2 Å². The minimum absolute atomic E-state index is 0.00267. The van der Waals surface area contributed by atoms with Gasteiger partial charge >= 0.3 is 16.2 Å². The lowest BCUT2D eigenvalue weighted by Crippen LogP contribution is -2.54. The zero-order valence-electron chi connectivity index (χ0n) is 37.2. The van der Waals surface area contributed by atoms with E-state index in [1.54, 1.807) is 27.7 Å². The number of anilines is 1. The molecular weight excluding hydrogens is 881 g/mol. The Labute approximate surface area is 381 Å². The number of aryl methyl sites for hydroxylation is 2. The molecule has 0 saturated carbocycles. The van der Waals surface area contributed by atoms with E-state index in [0.717, 1.165) is 68.4 Å². The number of carbonyl (C=O) groups is 6. The van der Waals surface area contributed by atoms with Crippen LogP contribution in [0.4, 0.5) is 5.69 Å². The van der Waals surface area contributed by atoms with E-state index < -0.39 is 76.2 Å². The van der Waals surface area contributed by atoms with Gasteiger partial charge in [-0.15, -0.1) is 0 Å². The number of cyclic esters (lactones) is 1.